The minimum absolute atomic E-state index is 0.508. The monoisotopic (exact) mass is 380 g/mol. The Labute approximate surface area is 164 Å². The maximum Gasteiger partial charge on any atom is 0.206 e. The lowest BCUT2D eigenvalue weighted by atomic mass is 10.2. The molecule has 4 heterocycles. The number of hydrogen-bond acceptors (Lipinski definition) is 6. The summed E-state index contributed by atoms with van der Waals surface area (Å²) in [5.74, 6) is 1.92. The molecule has 4 N–H and O–H groups in total. The van der Waals surface area contributed by atoms with E-state index in [9.17, 15) is 0 Å². The van der Waals surface area contributed by atoms with Gasteiger partial charge in [0.15, 0.2) is 17.1 Å². The van der Waals surface area contributed by atoms with Crippen LogP contribution >= 0.6 is 0 Å². The van der Waals surface area contributed by atoms with E-state index in [1.54, 1.807) is 0 Å². The molecule has 0 bridgehead atoms. The van der Waals surface area contributed by atoms with Crippen LogP contribution in [-0.4, -0.2) is 28.7 Å². The number of aryl methyl sites for hydroxylation is 6. The smallest absolute Gasteiger partial charge is 0.206 e. The Bertz CT molecular complexity index is 1120. The van der Waals surface area contributed by atoms with Gasteiger partial charge < -0.3 is 11.5 Å². The molecule has 0 spiro atoms. The van der Waals surface area contributed by atoms with Crippen LogP contribution in [0.25, 0.3) is 11.3 Å². The Kier molecular flexibility index (Phi) is 4.74. The highest BCUT2D eigenvalue weighted by Gasteiger charge is 2.12. The molecule has 0 amide bonds. The highest BCUT2D eigenvalue weighted by molar-refractivity contribution is 5.62. The molecule has 0 atom stereocenters. The lowest BCUT2D eigenvalue weighted by Gasteiger charge is -2.07. The van der Waals surface area contributed by atoms with Crippen LogP contribution in [0.15, 0.2) is 0 Å². The topological polar surface area (TPSA) is 112 Å². The first-order valence-electron chi connectivity index (χ1n) is 9.21. The summed E-state index contributed by atoms with van der Waals surface area (Å²) in [5, 5.41) is 0. The summed E-state index contributed by atoms with van der Waals surface area (Å²) in [5.41, 5.74) is 20.8. The Hall–Kier alpha value is -3.16. The van der Waals surface area contributed by atoms with Gasteiger partial charge in [-0.05, 0) is 66.5 Å². The molecule has 148 valence electrons. The third kappa shape index (κ3) is 2.94. The second-order valence-electron chi connectivity index (χ2n) is 7.23. The van der Waals surface area contributed by atoms with Crippen LogP contribution in [0.4, 0.5) is 11.8 Å². The van der Waals surface area contributed by atoms with Crippen LogP contribution in [-0.2, 0) is 0 Å². The predicted octanol–water partition coefficient (Wildman–Crippen LogP) is 3.09. The van der Waals surface area contributed by atoms with E-state index in [4.69, 9.17) is 11.5 Å². The van der Waals surface area contributed by atoms with Gasteiger partial charge in [-0.3, -0.25) is 8.80 Å². The molecule has 0 radical (unpaired) electrons. The van der Waals surface area contributed by atoms with E-state index in [1.807, 2.05) is 50.3 Å². The van der Waals surface area contributed by atoms with E-state index in [1.165, 1.54) is 11.1 Å². The first-order valence-corrected chi connectivity index (χ1v) is 9.21. The Morgan fingerprint density at radius 3 is 1.64 bits per heavy atom. The van der Waals surface area contributed by atoms with Gasteiger partial charge in [0.25, 0.3) is 0 Å². The normalized spacial score (nSPS) is 11.1. The lowest BCUT2D eigenvalue weighted by molar-refractivity contribution is 0.940. The summed E-state index contributed by atoms with van der Waals surface area (Å²) in [6, 6.07) is 0. The SMILES string of the molecule is Cc1nc2c(C)nc(N)n2c(C)c1C.Cc1nc2c(N)nc(C)n2c(C)c1C. The molecule has 0 unspecified atom stereocenters. The number of fused-ring (bicyclic) bond motifs is 2. The Morgan fingerprint density at radius 1 is 0.571 bits per heavy atom. The first-order chi connectivity index (χ1) is 13.0. The first kappa shape index (κ1) is 19.6. The van der Waals surface area contributed by atoms with E-state index < -0.39 is 0 Å². The number of aromatic nitrogens is 6. The van der Waals surface area contributed by atoms with Crippen molar-refractivity contribution in [2.45, 2.75) is 55.4 Å². The number of imidazole rings is 2. The van der Waals surface area contributed by atoms with Crippen LogP contribution in [0, 0.1) is 55.4 Å². The van der Waals surface area contributed by atoms with Crippen molar-refractivity contribution < 1.29 is 0 Å². The van der Waals surface area contributed by atoms with Crippen molar-refractivity contribution in [3.8, 4) is 0 Å². The molecule has 28 heavy (non-hydrogen) atoms. The van der Waals surface area contributed by atoms with E-state index >= 15 is 0 Å². The van der Waals surface area contributed by atoms with Crippen molar-refractivity contribution in [2.24, 2.45) is 0 Å². The van der Waals surface area contributed by atoms with Crippen molar-refractivity contribution >= 4 is 23.1 Å². The molecule has 0 aliphatic rings. The summed E-state index contributed by atoms with van der Waals surface area (Å²) >= 11 is 0. The molecule has 4 aromatic rings. The third-order valence-electron chi connectivity index (χ3n) is 5.48. The minimum Gasteiger partial charge on any atom is -0.381 e. The molecule has 0 saturated heterocycles. The van der Waals surface area contributed by atoms with Crippen LogP contribution in [0.2, 0.25) is 0 Å². The molecule has 0 aromatic carbocycles. The maximum absolute atomic E-state index is 5.81. The fourth-order valence-corrected chi connectivity index (χ4v) is 3.40. The van der Waals surface area contributed by atoms with Crippen LogP contribution in [0.3, 0.4) is 0 Å². The van der Waals surface area contributed by atoms with Gasteiger partial charge in [-0.2, -0.15) is 0 Å². The zero-order chi connectivity index (χ0) is 20.9. The quantitative estimate of drug-likeness (QED) is 0.485. The van der Waals surface area contributed by atoms with E-state index in [0.717, 1.165) is 45.6 Å². The maximum atomic E-state index is 5.81. The number of nitrogens with two attached hydrogens (primary N) is 2. The second kappa shape index (κ2) is 6.78. The summed E-state index contributed by atoms with van der Waals surface area (Å²) in [6.07, 6.45) is 0. The molecule has 0 fully saturated rings. The molecular weight excluding hydrogens is 352 g/mol. The molecular formula is C20H28N8. The summed E-state index contributed by atoms with van der Waals surface area (Å²) in [4.78, 5) is 17.3. The van der Waals surface area contributed by atoms with Crippen molar-refractivity contribution in [3.05, 3.63) is 45.4 Å². The van der Waals surface area contributed by atoms with Gasteiger partial charge in [-0.15, -0.1) is 0 Å². The zero-order valence-corrected chi connectivity index (χ0v) is 17.8. The zero-order valence-electron chi connectivity index (χ0n) is 17.8. The number of rotatable bonds is 0. The molecule has 4 rings (SSSR count). The molecule has 4 aromatic heterocycles. The van der Waals surface area contributed by atoms with Crippen LogP contribution in [0.1, 0.15) is 45.4 Å². The molecule has 0 aliphatic heterocycles. The average Bonchev–Trinajstić information content (AvgIpc) is 3.06. The van der Waals surface area contributed by atoms with Gasteiger partial charge in [0.2, 0.25) is 5.95 Å². The van der Waals surface area contributed by atoms with Gasteiger partial charge in [0.1, 0.15) is 5.82 Å². The average molecular weight is 381 g/mol. The van der Waals surface area contributed by atoms with E-state index in [0.29, 0.717) is 11.8 Å². The molecule has 0 aliphatic carbocycles. The summed E-state index contributed by atoms with van der Waals surface area (Å²) in [6.45, 7) is 16.1. The standard InChI is InChI=1S/2C10H14N4/c1-5-6(2)12-9-7(3)13-10(11)14(9)8(5)4;1-5-6(2)12-10-9(11)13-8(4)14(10)7(5)3/h1-4H3,(H2,11,13);11H2,1-4H3. The second-order valence-corrected chi connectivity index (χ2v) is 7.23. The molecule has 8 nitrogen and oxygen atoms in total. The highest BCUT2D eigenvalue weighted by Crippen LogP contribution is 2.20. The van der Waals surface area contributed by atoms with Gasteiger partial charge >= 0.3 is 0 Å². The largest absolute Gasteiger partial charge is 0.381 e. The number of anilines is 2. The van der Waals surface area contributed by atoms with Gasteiger partial charge in [0, 0.05) is 22.8 Å². The third-order valence-corrected chi connectivity index (χ3v) is 5.48. The minimum atomic E-state index is 0.508. The summed E-state index contributed by atoms with van der Waals surface area (Å²) in [7, 11) is 0. The summed E-state index contributed by atoms with van der Waals surface area (Å²) < 4.78 is 3.90. The number of nitrogen functional groups attached to an aromatic ring is 2. The Morgan fingerprint density at radius 2 is 1.07 bits per heavy atom. The Balaban J connectivity index is 0.000000161. The number of hydrogen-bond donors (Lipinski definition) is 2. The number of nitrogens with zero attached hydrogens (tertiary/aromatic N) is 6. The van der Waals surface area contributed by atoms with Gasteiger partial charge in [-0.25, -0.2) is 19.9 Å². The van der Waals surface area contributed by atoms with Gasteiger partial charge in [0.05, 0.1) is 5.69 Å². The van der Waals surface area contributed by atoms with Gasteiger partial charge in [-0.1, -0.05) is 0 Å². The van der Waals surface area contributed by atoms with E-state index in [2.05, 4.69) is 33.8 Å². The predicted molar refractivity (Wildman–Crippen MR) is 113 cm³/mol. The van der Waals surface area contributed by atoms with Crippen molar-refractivity contribution in [1.82, 2.24) is 28.7 Å². The van der Waals surface area contributed by atoms with Crippen LogP contribution in [0.5, 0.6) is 0 Å². The molecule has 0 saturated carbocycles. The van der Waals surface area contributed by atoms with E-state index in [-0.39, 0.29) is 0 Å². The van der Waals surface area contributed by atoms with Crippen molar-refractivity contribution in [1.29, 1.82) is 0 Å². The highest BCUT2D eigenvalue weighted by atomic mass is 15.2. The van der Waals surface area contributed by atoms with Crippen LogP contribution < -0.4 is 11.5 Å². The fourth-order valence-electron chi connectivity index (χ4n) is 3.40. The lowest BCUT2D eigenvalue weighted by Crippen LogP contribution is -2.03. The fraction of sp³-hybridized carbons (Fsp3) is 0.400. The molecule has 8 heteroatoms. The van der Waals surface area contributed by atoms with Crippen molar-refractivity contribution in [3.63, 3.8) is 0 Å². The van der Waals surface area contributed by atoms with Crippen molar-refractivity contribution in [2.75, 3.05) is 11.5 Å².